The fourth-order valence-corrected chi connectivity index (χ4v) is 2.45. The van der Waals surface area contributed by atoms with Crippen LogP contribution in [0.2, 0.25) is 0 Å². The van der Waals surface area contributed by atoms with Crippen molar-refractivity contribution in [3.05, 3.63) is 32.6 Å². The lowest BCUT2D eigenvalue weighted by Crippen LogP contribution is -2.06. The zero-order chi connectivity index (χ0) is 13.0. The van der Waals surface area contributed by atoms with Crippen molar-refractivity contribution < 1.29 is 0 Å². The summed E-state index contributed by atoms with van der Waals surface area (Å²) < 4.78 is 0.897. The highest BCUT2D eigenvalue weighted by Crippen LogP contribution is 2.19. The molecule has 2 aromatic rings. The van der Waals surface area contributed by atoms with Crippen LogP contribution < -0.4 is 5.32 Å². The van der Waals surface area contributed by atoms with Crippen molar-refractivity contribution in [2.24, 2.45) is 0 Å². The summed E-state index contributed by atoms with van der Waals surface area (Å²) in [6.07, 6.45) is 3.54. The summed E-state index contributed by atoms with van der Waals surface area (Å²) in [4.78, 5) is 13.3. The largest absolute Gasteiger partial charge is 0.369 e. The number of hydrogen-bond donors (Lipinski definition) is 1. The molecule has 6 heteroatoms. The van der Waals surface area contributed by atoms with Crippen LogP contribution in [0.25, 0.3) is 0 Å². The van der Waals surface area contributed by atoms with Crippen LogP contribution >= 0.6 is 27.3 Å². The number of nitrogens with one attached hydrogen (secondary N) is 1. The van der Waals surface area contributed by atoms with Gasteiger partial charge in [-0.05, 0) is 29.3 Å². The molecule has 0 bridgehead atoms. The first-order valence-electron chi connectivity index (χ1n) is 5.85. The minimum Gasteiger partial charge on any atom is -0.369 e. The molecular weight excluding hydrogens is 312 g/mol. The van der Waals surface area contributed by atoms with E-state index >= 15 is 0 Å². The second-order valence-corrected chi connectivity index (χ2v) is 5.86. The van der Waals surface area contributed by atoms with Crippen LogP contribution in [0.5, 0.6) is 0 Å². The smallest absolute Gasteiger partial charge is 0.144 e. The summed E-state index contributed by atoms with van der Waals surface area (Å²) in [5.41, 5.74) is 1.03. The van der Waals surface area contributed by atoms with Gasteiger partial charge in [-0.15, -0.1) is 11.3 Å². The average Bonchev–Trinajstić information content (AvgIpc) is 2.75. The molecule has 0 atom stereocenters. The van der Waals surface area contributed by atoms with Crippen molar-refractivity contribution in [3.8, 4) is 0 Å². The molecule has 0 saturated carbocycles. The van der Waals surface area contributed by atoms with Crippen LogP contribution in [-0.4, -0.2) is 21.5 Å². The Labute approximate surface area is 119 Å². The Morgan fingerprint density at radius 1 is 1.39 bits per heavy atom. The maximum Gasteiger partial charge on any atom is 0.144 e. The van der Waals surface area contributed by atoms with Gasteiger partial charge in [-0.2, -0.15) is 0 Å². The average molecular weight is 327 g/mol. The Kier molecular flexibility index (Phi) is 4.66. The molecule has 0 aliphatic rings. The van der Waals surface area contributed by atoms with Crippen molar-refractivity contribution in [2.45, 2.75) is 26.7 Å². The highest BCUT2D eigenvalue weighted by atomic mass is 79.9. The number of thiazole rings is 1. The summed E-state index contributed by atoms with van der Waals surface area (Å²) in [7, 11) is 0. The van der Waals surface area contributed by atoms with E-state index in [1.807, 2.05) is 6.92 Å². The quantitative estimate of drug-likeness (QED) is 0.914. The standard InChI is InChI=1S/C12H15BrN4S/c1-3-4-14-12-10(13)6-15-11(17-12)5-9-7-18-8(2)16-9/h6-7H,3-5H2,1-2H3,(H,14,15,17). The second-order valence-electron chi connectivity index (χ2n) is 3.94. The van der Waals surface area contributed by atoms with Gasteiger partial charge in [-0.3, -0.25) is 0 Å². The minimum atomic E-state index is 0.679. The van der Waals surface area contributed by atoms with Crippen LogP contribution in [0, 0.1) is 6.92 Å². The van der Waals surface area contributed by atoms with Crippen molar-refractivity contribution >= 4 is 33.1 Å². The molecule has 0 radical (unpaired) electrons. The maximum atomic E-state index is 4.51. The Morgan fingerprint density at radius 2 is 2.22 bits per heavy atom. The Balaban J connectivity index is 2.13. The maximum absolute atomic E-state index is 4.51. The highest BCUT2D eigenvalue weighted by Gasteiger charge is 2.07. The third-order valence-corrected chi connectivity index (χ3v) is 3.74. The van der Waals surface area contributed by atoms with E-state index in [1.54, 1.807) is 17.5 Å². The highest BCUT2D eigenvalue weighted by molar-refractivity contribution is 9.10. The van der Waals surface area contributed by atoms with Gasteiger partial charge >= 0.3 is 0 Å². The van der Waals surface area contributed by atoms with Gasteiger partial charge in [0.05, 0.1) is 21.6 Å². The number of aryl methyl sites for hydroxylation is 1. The molecule has 0 fully saturated rings. The van der Waals surface area contributed by atoms with Gasteiger partial charge in [0.2, 0.25) is 0 Å². The van der Waals surface area contributed by atoms with E-state index < -0.39 is 0 Å². The molecule has 0 saturated heterocycles. The lowest BCUT2D eigenvalue weighted by Gasteiger charge is -2.07. The van der Waals surface area contributed by atoms with E-state index in [-0.39, 0.29) is 0 Å². The van der Waals surface area contributed by atoms with E-state index in [9.17, 15) is 0 Å². The van der Waals surface area contributed by atoms with Crippen LogP contribution in [0.1, 0.15) is 29.9 Å². The molecular formula is C12H15BrN4S. The van der Waals surface area contributed by atoms with Gasteiger partial charge in [0.25, 0.3) is 0 Å². The minimum absolute atomic E-state index is 0.679. The first kappa shape index (κ1) is 13.4. The topological polar surface area (TPSA) is 50.7 Å². The summed E-state index contributed by atoms with van der Waals surface area (Å²) in [6, 6.07) is 0. The molecule has 0 spiro atoms. The van der Waals surface area contributed by atoms with Crippen LogP contribution in [-0.2, 0) is 6.42 Å². The van der Waals surface area contributed by atoms with Gasteiger partial charge in [-0.25, -0.2) is 15.0 Å². The predicted octanol–water partition coefficient (Wildman–Crippen LogP) is 3.42. The fraction of sp³-hybridized carbons (Fsp3) is 0.417. The summed E-state index contributed by atoms with van der Waals surface area (Å²) in [5.74, 6) is 1.65. The van der Waals surface area contributed by atoms with Gasteiger partial charge in [0, 0.05) is 18.1 Å². The molecule has 0 aliphatic heterocycles. The Hall–Kier alpha value is -1.01. The number of rotatable bonds is 5. The lowest BCUT2D eigenvalue weighted by molar-refractivity contribution is 0.914. The summed E-state index contributed by atoms with van der Waals surface area (Å²) >= 11 is 5.10. The molecule has 0 aromatic carbocycles. The molecule has 96 valence electrons. The van der Waals surface area contributed by atoms with Gasteiger partial charge < -0.3 is 5.32 Å². The Bertz CT molecular complexity index is 527. The van der Waals surface area contributed by atoms with Crippen LogP contribution in [0.15, 0.2) is 16.0 Å². The normalized spacial score (nSPS) is 10.6. The molecule has 0 aliphatic carbocycles. The molecule has 0 amide bonds. The van der Waals surface area contributed by atoms with Crippen LogP contribution in [0.3, 0.4) is 0 Å². The van der Waals surface area contributed by atoms with Crippen molar-refractivity contribution in [1.29, 1.82) is 0 Å². The lowest BCUT2D eigenvalue weighted by atomic mass is 10.3. The molecule has 0 unspecified atom stereocenters. The third kappa shape index (κ3) is 3.49. The zero-order valence-electron chi connectivity index (χ0n) is 10.4. The first-order chi connectivity index (χ1) is 8.69. The fourth-order valence-electron chi connectivity index (χ4n) is 1.51. The van der Waals surface area contributed by atoms with Crippen LogP contribution in [0.4, 0.5) is 5.82 Å². The summed E-state index contributed by atoms with van der Waals surface area (Å²) in [5, 5.41) is 6.41. The number of hydrogen-bond acceptors (Lipinski definition) is 5. The first-order valence-corrected chi connectivity index (χ1v) is 7.52. The van der Waals surface area contributed by atoms with E-state index in [0.717, 1.165) is 39.8 Å². The van der Waals surface area contributed by atoms with Crippen molar-refractivity contribution in [1.82, 2.24) is 15.0 Å². The summed E-state index contributed by atoms with van der Waals surface area (Å²) in [6.45, 7) is 5.04. The number of aromatic nitrogens is 3. The molecule has 4 nitrogen and oxygen atoms in total. The molecule has 2 rings (SSSR count). The number of nitrogens with zero attached hydrogens (tertiary/aromatic N) is 3. The number of anilines is 1. The van der Waals surface area contributed by atoms with E-state index in [1.165, 1.54) is 0 Å². The monoisotopic (exact) mass is 326 g/mol. The molecule has 2 aromatic heterocycles. The van der Waals surface area contributed by atoms with E-state index in [0.29, 0.717) is 6.42 Å². The SMILES string of the molecule is CCCNc1nc(Cc2csc(C)n2)ncc1Br. The van der Waals surface area contributed by atoms with Gasteiger partial charge in [0.1, 0.15) is 11.6 Å². The second kappa shape index (κ2) is 6.24. The molecule has 1 N–H and O–H groups in total. The van der Waals surface area contributed by atoms with Crippen molar-refractivity contribution in [2.75, 3.05) is 11.9 Å². The molecule has 18 heavy (non-hydrogen) atoms. The zero-order valence-corrected chi connectivity index (χ0v) is 12.8. The Morgan fingerprint density at radius 3 is 2.89 bits per heavy atom. The van der Waals surface area contributed by atoms with E-state index in [4.69, 9.17) is 0 Å². The number of halogens is 1. The van der Waals surface area contributed by atoms with Crippen molar-refractivity contribution in [3.63, 3.8) is 0 Å². The van der Waals surface area contributed by atoms with Gasteiger partial charge in [-0.1, -0.05) is 6.92 Å². The third-order valence-electron chi connectivity index (χ3n) is 2.34. The van der Waals surface area contributed by atoms with Gasteiger partial charge in [0.15, 0.2) is 0 Å². The predicted molar refractivity (Wildman–Crippen MR) is 78.2 cm³/mol. The van der Waals surface area contributed by atoms with E-state index in [2.05, 4.69) is 48.5 Å². The molecule has 2 heterocycles.